The lowest BCUT2D eigenvalue weighted by molar-refractivity contribution is -0.307. The van der Waals surface area contributed by atoms with E-state index in [-0.39, 0.29) is 5.75 Å². The summed E-state index contributed by atoms with van der Waals surface area (Å²) in [5.74, 6) is -2.40. The van der Waals surface area contributed by atoms with E-state index in [1.165, 1.54) is 12.3 Å². The summed E-state index contributed by atoms with van der Waals surface area (Å²) in [6.45, 7) is 3.91. The lowest BCUT2D eigenvalue weighted by Crippen LogP contribution is -2.38. The van der Waals surface area contributed by atoms with Gasteiger partial charge >= 0.3 is 11.8 Å². The van der Waals surface area contributed by atoms with Gasteiger partial charge in [0.05, 0.1) is 18.8 Å². The SMILES string of the molecule is CCCCNC(=O)C(=O)N/N=C\c1ccc(OCC(=O)[O-])c(OCC)c1. The Hall–Kier alpha value is -3.10. The zero-order valence-corrected chi connectivity index (χ0v) is 14.7. The van der Waals surface area contributed by atoms with Crippen LogP contribution in [0.15, 0.2) is 23.3 Å². The number of amides is 2. The van der Waals surface area contributed by atoms with E-state index < -0.39 is 24.4 Å². The number of hydrazone groups is 1. The molecular weight excluding hydrogens is 342 g/mol. The quantitative estimate of drug-likeness (QED) is 0.251. The Morgan fingerprint density at radius 2 is 1.92 bits per heavy atom. The molecule has 0 aliphatic heterocycles. The molecule has 9 heteroatoms. The molecule has 0 bridgehead atoms. The first-order valence-electron chi connectivity index (χ1n) is 8.18. The summed E-state index contributed by atoms with van der Waals surface area (Å²) in [5.41, 5.74) is 2.68. The van der Waals surface area contributed by atoms with E-state index >= 15 is 0 Å². The van der Waals surface area contributed by atoms with Crippen LogP contribution in [0.4, 0.5) is 0 Å². The number of nitrogens with zero attached hydrogens (tertiary/aromatic N) is 1. The Bertz CT molecular complexity index is 660. The van der Waals surface area contributed by atoms with E-state index in [9.17, 15) is 19.5 Å². The zero-order valence-electron chi connectivity index (χ0n) is 14.7. The first-order valence-corrected chi connectivity index (χ1v) is 8.18. The molecule has 0 unspecified atom stereocenters. The third-order valence-electron chi connectivity index (χ3n) is 3.01. The minimum atomic E-state index is -1.35. The fourth-order valence-electron chi connectivity index (χ4n) is 1.80. The normalized spacial score (nSPS) is 10.4. The number of unbranched alkanes of at least 4 members (excludes halogenated alkanes) is 1. The molecule has 2 N–H and O–H groups in total. The number of carbonyl (C=O) groups is 3. The van der Waals surface area contributed by atoms with Gasteiger partial charge in [0.15, 0.2) is 11.5 Å². The molecule has 0 aliphatic rings. The fourth-order valence-corrected chi connectivity index (χ4v) is 1.80. The number of rotatable bonds is 10. The van der Waals surface area contributed by atoms with Crippen LogP contribution in [0, 0.1) is 0 Å². The fraction of sp³-hybridized carbons (Fsp3) is 0.412. The topological polar surface area (TPSA) is 129 Å². The highest BCUT2D eigenvalue weighted by Gasteiger charge is 2.11. The number of carboxylic acids is 1. The smallest absolute Gasteiger partial charge is 0.329 e. The van der Waals surface area contributed by atoms with E-state index in [4.69, 9.17) is 9.47 Å². The third kappa shape index (κ3) is 7.65. The number of carboxylic acid groups (broad SMARTS) is 1. The summed E-state index contributed by atoms with van der Waals surface area (Å²) >= 11 is 0. The number of hydrogen-bond donors (Lipinski definition) is 2. The first kappa shape index (κ1) is 20.9. The Morgan fingerprint density at radius 3 is 2.58 bits per heavy atom. The molecular formula is C17H22N3O6-. The van der Waals surface area contributed by atoms with Crippen molar-refractivity contribution < 1.29 is 29.0 Å². The van der Waals surface area contributed by atoms with Crippen molar-refractivity contribution in [3.8, 4) is 11.5 Å². The molecule has 26 heavy (non-hydrogen) atoms. The number of nitrogens with one attached hydrogen (secondary N) is 2. The van der Waals surface area contributed by atoms with E-state index in [1.54, 1.807) is 19.1 Å². The highest BCUT2D eigenvalue weighted by molar-refractivity contribution is 6.35. The molecule has 0 heterocycles. The maximum absolute atomic E-state index is 11.6. The summed E-state index contributed by atoms with van der Waals surface area (Å²) in [4.78, 5) is 33.5. The number of aliphatic carboxylic acids is 1. The average molecular weight is 364 g/mol. The maximum atomic E-state index is 11.6. The van der Waals surface area contributed by atoms with Crippen molar-refractivity contribution in [2.45, 2.75) is 26.7 Å². The summed E-state index contributed by atoms with van der Waals surface area (Å²) < 4.78 is 10.5. The molecule has 0 aliphatic carbocycles. The number of ether oxygens (including phenoxy) is 2. The van der Waals surface area contributed by atoms with Gasteiger partial charge in [-0.2, -0.15) is 5.10 Å². The Balaban J connectivity index is 2.66. The van der Waals surface area contributed by atoms with Crippen LogP contribution in [0.5, 0.6) is 11.5 Å². The summed E-state index contributed by atoms with van der Waals surface area (Å²) in [6.07, 6.45) is 3.02. The molecule has 0 saturated carbocycles. The lowest BCUT2D eigenvalue weighted by Gasteiger charge is -2.12. The molecule has 142 valence electrons. The lowest BCUT2D eigenvalue weighted by atomic mass is 10.2. The molecule has 0 fully saturated rings. The van der Waals surface area contributed by atoms with Crippen LogP contribution in [0.3, 0.4) is 0 Å². The Morgan fingerprint density at radius 1 is 1.15 bits per heavy atom. The average Bonchev–Trinajstić information content (AvgIpc) is 2.61. The second-order valence-corrected chi connectivity index (χ2v) is 5.11. The highest BCUT2D eigenvalue weighted by atomic mass is 16.5. The second-order valence-electron chi connectivity index (χ2n) is 5.11. The monoisotopic (exact) mass is 364 g/mol. The minimum absolute atomic E-state index is 0.243. The third-order valence-corrected chi connectivity index (χ3v) is 3.01. The van der Waals surface area contributed by atoms with Gasteiger partial charge in [-0.15, -0.1) is 0 Å². The number of carbonyl (C=O) groups excluding carboxylic acids is 3. The maximum Gasteiger partial charge on any atom is 0.329 e. The van der Waals surface area contributed by atoms with Crippen molar-refractivity contribution in [1.29, 1.82) is 0 Å². The predicted octanol–water partition coefficient (Wildman–Crippen LogP) is -0.420. The van der Waals surface area contributed by atoms with Gasteiger partial charge in [-0.3, -0.25) is 9.59 Å². The van der Waals surface area contributed by atoms with E-state index in [1.807, 2.05) is 6.92 Å². The highest BCUT2D eigenvalue weighted by Crippen LogP contribution is 2.27. The predicted molar refractivity (Wildman–Crippen MR) is 91.8 cm³/mol. The molecule has 1 aromatic rings. The van der Waals surface area contributed by atoms with Crippen LogP contribution in [0.25, 0.3) is 0 Å². The number of hydrogen-bond acceptors (Lipinski definition) is 7. The minimum Gasteiger partial charge on any atom is -0.546 e. The van der Waals surface area contributed by atoms with Crippen molar-refractivity contribution in [3.63, 3.8) is 0 Å². The van der Waals surface area contributed by atoms with Gasteiger partial charge in [0.25, 0.3) is 0 Å². The molecule has 0 aromatic heterocycles. The molecule has 9 nitrogen and oxygen atoms in total. The van der Waals surface area contributed by atoms with E-state index in [2.05, 4.69) is 15.8 Å². The van der Waals surface area contributed by atoms with Gasteiger partial charge in [0.1, 0.15) is 6.61 Å². The van der Waals surface area contributed by atoms with Crippen LogP contribution in [-0.2, 0) is 14.4 Å². The molecule has 0 radical (unpaired) electrons. The first-order chi connectivity index (χ1) is 12.5. The van der Waals surface area contributed by atoms with E-state index in [0.717, 1.165) is 12.8 Å². The second kappa shape index (κ2) is 11.5. The van der Waals surface area contributed by atoms with Gasteiger partial charge in [-0.05, 0) is 37.1 Å². The van der Waals surface area contributed by atoms with Crippen LogP contribution in [0.1, 0.15) is 32.3 Å². The summed E-state index contributed by atoms with van der Waals surface area (Å²) in [5, 5.41) is 16.7. The van der Waals surface area contributed by atoms with Crippen LogP contribution in [0.2, 0.25) is 0 Å². The van der Waals surface area contributed by atoms with Crippen molar-refractivity contribution >= 4 is 24.0 Å². The van der Waals surface area contributed by atoms with Gasteiger partial charge in [0, 0.05) is 6.54 Å². The van der Waals surface area contributed by atoms with E-state index in [0.29, 0.717) is 24.5 Å². The zero-order chi connectivity index (χ0) is 19.4. The van der Waals surface area contributed by atoms with Crippen LogP contribution < -0.4 is 25.3 Å². The van der Waals surface area contributed by atoms with Gasteiger partial charge in [-0.1, -0.05) is 13.3 Å². The largest absolute Gasteiger partial charge is 0.546 e. The molecule has 0 saturated heterocycles. The summed E-state index contributed by atoms with van der Waals surface area (Å²) in [6, 6.07) is 4.66. The molecule has 1 aromatic carbocycles. The van der Waals surface area contributed by atoms with Crippen molar-refractivity contribution in [2.24, 2.45) is 5.10 Å². The van der Waals surface area contributed by atoms with Gasteiger partial charge in [0.2, 0.25) is 0 Å². The molecule has 0 atom stereocenters. The van der Waals surface area contributed by atoms with Crippen LogP contribution in [-0.4, -0.2) is 43.8 Å². The van der Waals surface area contributed by atoms with Crippen molar-refractivity contribution in [2.75, 3.05) is 19.8 Å². The van der Waals surface area contributed by atoms with Gasteiger partial charge in [-0.25, -0.2) is 5.43 Å². The Kier molecular flexibility index (Phi) is 9.23. The van der Waals surface area contributed by atoms with Crippen molar-refractivity contribution in [1.82, 2.24) is 10.7 Å². The summed E-state index contributed by atoms with van der Waals surface area (Å²) in [7, 11) is 0. The van der Waals surface area contributed by atoms with Crippen molar-refractivity contribution in [3.05, 3.63) is 23.8 Å². The Labute approximate surface area is 151 Å². The van der Waals surface area contributed by atoms with Crippen LogP contribution >= 0.6 is 0 Å². The van der Waals surface area contributed by atoms with Gasteiger partial charge < -0.3 is 24.7 Å². The molecule has 0 spiro atoms. The molecule has 2 amide bonds. The number of benzene rings is 1. The molecule has 1 rings (SSSR count). The standard InChI is InChI=1S/C17H23N3O6/c1-3-5-8-18-16(23)17(24)20-19-10-12-6-7-13(26-11-15(21)22)14(9-12)25-4-2/h6-7,9-10H,3-5,8,11H2,1-2H3,(H,18,23)(H,20,24)(H,21,22)/p-1/b19-10-.